The van der Waals surface area contributed by atoms with E-state index in [2.05, 4.69) is 28.8 Å². The number of methoxy groups -OCH3 is 1. The Kier molecular flexibility index (Phi) is 6.36. The van der Waals surface area contributed by atoms with E-state index in [1.54, 1.807) is 12.1 Å². The lowest BCUT2D eigenvalue weighted by atomic mass is 10.0. The van der Waals surface area contributed by atoms with Crippen molar-refractivity contribution in [2.75, 3.05) is 27.7 Å². The van der Waals surface area contributed by atoms with Crippen LogP contribution in [0.3, 0.4) is 0 Å². The second kappa shape index (κ2) is 7.56. The van der Waals surface area contributed by atoms with Crippen LogP contribution in [0.1, 0.15) is 19.4 Å². The normalized spacial score (nSPS) is 12.0. The molecule has 0 aliphatic rings. The molecule has 6 heteroatoms. The summed E-state index contributed by atoms with van der Waals surface area (Å²) in [5, 5.41) is 3.35. The molecule has 0 atom stereocenters. The van der Waals surface area contributed by atoms with Gasteiger partial charge in [0.15, 0.2) is 11.5 Å². The Morgan fingerprint density at radius 2 is 1.90 bits per heavy atom. The van der Waals surface area contributed by atoms with Crippen molar-refractivity contribution in [3.63, 3.8) is 0 Å². The number of hydrogen-bond acceptors (Lipinski definition) is 4. The SMILES string of the molecule is COc1cc(CNCC(C)(C)N(C)C)ccc1OC(F)F. The van der Waals surface area contributed by atoms with Gasteiger partial charge in [-0.15, -0.1) is 0 Å². The van der Waals surface area contributed by atoms with Gasteiger partial charge >= 0.3 is 6.61 Å². The Morgan fingerprint density at radius 1 is 1.24 bits per heavy atom. The number of alkyl halides is 2. The maximum Gasteiger partial charge on any atom is 0.387 e. The summed E-state index contributed by atoms with van der Waals surface area (Å²) in [6.45, 7) is 2.85. The fraction of sp³-hybridized carbons (Fsp3) is 0.600. The summed E-state index contributed by atoms with van der Waals surface area (Å²) in [7, 11) is 5.49. The number of nitrogens with one attached hydrogen (secondary N) is 1. The second-order valence-electron chi connectivity index (χ2n) is 5.67. The van der Waals surface area contributed by atoms with Gasteiger partial charge in [0.2, 0.25) is 0 Å². The Balaban J connectivity index is 2.65. The Bertz CT molecular complexity index is 451. The number of likely N-dealkylation sites (N-methyl/N-ethyl adjacent to an activating group) is 1. The molecule has 0 radical (unpaired) electrons. The molecule has 0 heterocycles. The van der Waals surface area contributed by atoms with Crippen LogP contribution in [0.25, 0.3) is 0 Å². The minimum Gasteiger partial charge on any atom is -0.493 e. The maximum atomic E-state index is 12.3. The predicted molar refractivity (Wildman–Crippen MR) is 79.1 cm³/mol. The third-order valence-corrected chi connectivity index (χ3v) is 3.54. The first-order valence-electron chi connectivity index (χ1n) is 6.76. The van der Waals surface area contributed by atoms with Crippen LogP contribution in [0.4, 0.5) is 8.78 Å². The summed E-state index contributed by atoms with van der Waals surface area (Å²) < 4.78 is 34.0. The number of rotatable bonds is 8. The Labute approximate surface area is 125 Å². The van der Waals surface area contributed by atoms with Crippen molar-refractivity contribution in [3.8, 4) is 11.5 Å². The van der Waals surface area contributed by atoms with Crippen molar-refractivity contribution in [1.82, 2.24) is 10.2 Å². The summed E-state index contributed by atoms with van der Waals surface area (Å²) in [5.41, 5.74) is 0.978. The van der Waals surface area contributed by atoms with Crippen LogP contribution in [-0.2, 0) is 6.54 Å². The molecule has 1 aromatic rings. The van der Waals surface area contributed by atoms with E-state index in [1.807, 2.05) is 14.1 Å². The predicted octanol–water partition coefficient (Wildman–Crippen LogP) is 2.73. The van der Waals surface area contributed by atoms with Crippen LogP contribution in [0.2, 0.25) is 0 Å². The van der Waals surface area contributed by atoms with Gasteiger partial charge in [0.1, 0.15) is 0 Å². The molecule has 0 fully saturated rings. The van der Waals surface area contributed by atoms with Crippen LogP contribution in [0, 0.1) is 0 Å². The molecule has 0 amide bonds. The number of halogens is 2. The second-order valence-corrected chi connectivity index (χ2v) is 5.67. The smallest absolute Gasteiger partial charge is 0.387 e. The quantitative estimate of drug-likeness (QED) is 0.800. The van der Waals surface area contributed by atoms with Crippen LogP contribution in [-0.4, -0.2) is 44.8 Å². The van der Waals surface area contributed by atoms with E-state index >= 15 is 0 Å². The fourth-order valence-corrected chi connectivity index (χ4v) is 1.69. The van der Waals surface area contributed by atoms with Crippen LogP contribution >= 0.6 is 0 Å². The summed E-state index contributed by atoms with van der Waals surface area (Å²) in [4.78, 5) is 2.14. The number of nitrogens with zero attached hydrogens (tertiary/aromatic N) is 1. The van der Waals surface area contributed by atoms with Crippen LogP contribution < -0.4 is 14.8 Å². The first-order valence-corrected chi connectivity index (χ1v) is 6.76. The molecule has 0 unspecified atom stereocenters. The minimum atomic E-state index is -2.86. The third-order valence-electron chi connectivity index (χ3n) is 3.54. The molecule has 0 saturated heterocycles. The van der Waals surface area contributed by atoms with E-state index in [-0.39, 0.29) is 11.3 Å². The van der Waals surface area contributed by atoms with E-state index in [1.165, 1.54) is 13.2 Å². The zero-order valence-electron chi connectivity index (χ0n) is 13.2. The van der Waals surface area contributed by atoms with Crippen molar-refractivity contribution in [3.05, 3.63) is 23.8 Å². The van der Waals surface area contributed by atoms with E-state index in [0.29, 0.717) is 12.3 Å². The molecule has 0 bridgehead atoms. The highest BCUT2D eigenvalue weighted by molar-refractivity contribution is 5.42. The monoisotopic (exact) mass is 302 g/mol. The lowest BCUT2D eigenvalue weighted by molar-refractivity contribution is -0.0512. The summed E-state index contributed by atoms with van der Waals surface area (Å²) in [6.07, 6.45) is 0. The van der Waals surface area contributed by atoms with Crippen molar-refractivity contribution >= 4 is 0 Å². The highest BCUT2D eigenvalue weighted by Gasteiger charge is 2.19. The van der Waals surface area contributed by atoms with Gasteiger partial charge < -0.3 is 19.7 Å². The molecule has 0 aromatic heterocycles. The largest absolute Gasteiger partial charge is 0.493 e. The van der Waals surface area contributed by atoms with Gasteiger partial charge in [-0.3, -0.25) is 0 Å². The number of hydrogen-bond donors (Lipinski definition) is 1. The van der Waals surface area contributed by atoms with Gasteiger partial charge in [-0.25, -0.2) is 0 Å². The molecule has 0 saturated carbocycles. The summed E-state index contributed by atoms with van der Waals surface area (Å²) >= 11 is 0. The van der Waals surface area contributed by atoms with Gasteiger partial charge in [0.05, 0.1) is 7.11 Å². The van der Waals surface area contributed by atoms with Crippen molar-refractivity contribution in [1.29, 1.82) is 0 Å². The molecule has 1 N–H and O–H groups in total. The van der Waals surface area contributed by atoms with Crippen LogP contribution in [0.15, 0.2) is 18.2 Å². The van der Waals surface area contributed by atoms with E-state index < -0.39 is 6.61 Å². The molecule has 4 nitrogen and oxygen atoms in total. The average molecular weight is 302 g/mol. The number of benzene rings is 1. The lowest BCUT2D eigenvalue weighted by Gasteiger charge is -2.32. The fourth-order valence-electron chi connectivity index (χ4n) is 1.69. The molecule has 1 aromatic carbocycles. The highest BCUT2D eigenvalue weighted by Crippen LogP contribution is 2.29. The molecule has 120 valence electrons. The Morgan fingerprint density at radius 3 is 2.43 bits per heavy atom. The van der Waals surface area contributed by atoms with Gasteiger partial charge in [-0.1, -0.05) is 6.07 Å². The average Bonchev–Trinajstić information content (AvgIpc) is 2.39. The molecule has 0 spiro atoms. The summed E-state index contributed by atoms with van der Waals surface area (Å²) in [6, 6.07) is 4.95. The maximum absolute atomic E-state index is 12.3. The zero-order valence-corrected chi connectivity index (χ0v) is 13.2. The summed E-state index contributed by atoms with van der Waals surface area (Å²) in [5.74, 6) is 0.353. The van der Waals surface area contributed by atoms with Gasteiger partial charge in [0.25, 0.3) is 0 Å². The Hall–Kier alpha value is -1.40. The molecule has 1 rings (SSSR count). The van der Waals surface area contributed by atoms with E-state index in [0.717, 1.165) is 12.1 Å². The van der Waals surface area contributed by atoms with Gasteiger partial charge in [0, 0.05) is 18.6 Å². The first-order chi connectivity index (χ1) is 9.76. The zero-order chi connectivity index (χ0) is 16.0. The molecular weight excluding hydrogens is 278 g/mol. The molecule has 21 heavy (non-hydrogen) atoms. The first kappa shape index (κ1) is 17.7. The van der Waals surface area contributed by atoms with Gasteiger partial charge in [-0.2, -0.15) is 8.78 Å². The highest BCUT2D eigenvalue weighted by atomic mass is 19.3. The topological polar surface area (TPSA) is 33.7 Å². The third kappa shape index (κ3) is 5.47. The number of ether oxygens (including phenoxy) is 2. The molecule has 0 aliphatic heterocycles. The van der Waals surface area contributed by atoms with Crippen molar-refractivity contribution < 1.29 is 18.3 Å². The molecular formula is C15H24F2N2O2. The van der Waals surface area contributed by atoms with E-state index in [4.69, 9.17) is 4.74 Å². The standard InChI is InChI=1S/C15H24F2N2O2/c1-15(2,19(3)4)10-18-9-11-6-7-12(21-14(16)17)13(8-11)20-5/h6-8,14,18H,9-10H2,1-5H3. The van der Waals surface area contributed by atoms with Crippen molar-refractivity contribution in [2.45, 2.75) is 32.5 Å². The van der Waals surface area contributed by atoms with Crippen molar-refractivity contribution in [2.24, 2.45) is 0 Å². The lowest BCUT2D eigenvalue weighted by Crippen LogP contribution is -2.46. The van der Waals surface area contributed by atoms with Crippen LogP contribution in [0.5, 0.6) is 11.5 Å². The minimum absolute atomic E-state index is 0.0306. The molecule has 0 aliphatic carbocycles. The van der Waals surface area contributed by atoms with E-state index in [9.17, 15) is 8.78 Å². The van der Waals surface area contributed by atoms with Gasteiger partial charge in [-0.05, 0) is 45.6 Å².